The van der Waals surface area contributed by atoms with E-state index in [0.717, 1.165) is 5.75 Å². The Morgan fingerprint density at radius 3 is 2.00 bits per heavy atom. The number of nitrogens with zero attached hydrogens (tertiary/aromatic N) is 4. The molecule has 0 aliphatic rings. The number of para-hydroxylation sites is 2. The lowest BCUT2D eigenvalue weighted by atomic mass is 10.3. The van der Waals surface area contributed by atoms with Crippen molar-refractivity contribution < 1.29 is 4.74 Å². The Hall–Kier alpha value is -4.39. The minimum absolute atomic E-state index is 0.233. The van der Waals surface area contributed by atoms with Gasteiger partial charge in [0.05, 0.1) is 11.4 Å². The number of anilines is 1. The molecule has 3 aromatic carbocycles. The summed E-state index contributed by atoms with van der Waals surface area (Å²) in [5.41, 5.74) is 8.11. The largest absolute Gasteiger partial charge is 0.457 e. The van der Waals surface area contributed by atoms with Crippen LogP contribution in [0.25, 0.3) is 22.5 Å². The Morgan fingerprint density at radius 1 is 0.700 bits per heavy atom. The molecule has 0 atom stereocenters. The Balaban J connectivity index is 1.64. The summed E-state index contributed by atoms with van der Waals surface area (Å²) in [6.07, 6.45) is 1.36. The summed E-state index contributed by atoms with van der Waals surface area (Å²) in [7, 11) is 0. The third-order valence-corrected chi connectivity index (χ3v) is 4.74. The van der Waals surface area contributed by atoms with E-state index in [1.165, 1.54) is 15.5 Å². The first-order chi connectivity index (χ1) is 14.7. The standard InChI is InChI=1S/C23H17N5O2/c24-21-20-22(26-15-25-21)28(16-7-3-1-4-8-16)23(29)27(20)17-11-13-19(14-12-17)30-18-9-5-2-6-10-18/h1-15H,(H2,24,25,26). The number of fused-ring (bicyclic) bond motifs is 1. The second-order valence-corrected chi connectivity index (χ2v) is 6.63. The third kappa shape index (κ3) is 2.98. The molecule has 7 nitrogen and oxygen atoms in total. The van der Waals surface area contributed by atoms with Crippen LogP contribution in [0.5, 0.6) is 11.5 Å². The van der Waals surface area contributed by atoms with Gasteiger partial charge >= 0.3 is 5.69 Å². The summed E-state index contributed by atoms with van der Waals surface area (Å²) >= 11 is 0. The van der Waals surface area contributed by atoms with Gasteiger partial charge in [-0.25, -0.2) is 19.3 Å². The van der Waals surface area contributed by atoms with Crippen LogP contribution < -0.4 is 16.2 Å². The highest BCUT2D eigenvalue weighted by atomic mass is 16.5. The van der Waals surface area contributed by atoms with Crippen LogP contribution in [-0.4, -0.2) is 19.1 Å². The molecule has 146 valence electrons. The molecule has 5 rings (SSSR count). The van der Waals surface area contributed by atoms with Crippen LogP contribution in [0.15, 0.2) is 96.1 Å². The highest BCUT2D eigenvalue weighted by Crippen LogP contribution is 2.25. The molecule has 2 aromatic heterocycles. The second kappa shape index (κ2) is 7.21. The predicted octanol–water partition coefficient (Wildman–Crippen LogP) is 3.95. The normalized spacial score (nSPS) is 10.9. The van der Waals surface area contributed by atoms with Gasteiger partial charge in [0.15, 0.2) is 11.5 Å². The zero-order chi connectivity index (χ0) is 20.5. The first kappa shape index (κ1) is 17.7. The number of rotatable bonds is 4. The first-order valence-electron chi connectivity index (χ1n) is 9.35. The Kier molecular flexibility index (Phi) is 4.25. The summed E-state index contributed by atoms with van der Waals surface area (Å²) < 4.78 is 8.89. The lowest BCUT2D eigenvalue weighted by Gasteiger charge is -2.08. The van der Waals surface area contributed by atoms with E-state index < -0.39 is 0 Å². The van der Waals surface area contributed by atoms with E-state index >= 15 is 0 Å². The quantitative estimate of drug-likeness (QED) is 0.498. The summed E-state index contributed by atoms with van der Waals surface area (Å²) in [5, 5.41) is 0. The van der Waals surface area contributed by atoms with Crippen molar-refractivity contribution in [3.8, 4) is 22.9 Å². The van der Waals surface area contributed by atoms with E-state index in [9.17, 15) is 4.79 Å². The van der Waals surface area contributed by atoms with Gasteiger partial charge in [-0.2, -0.15) is 0 Å². The Bertz CT molecular complexity index is 1370. The van der Waals surface area contributed by atoms with E-state index in [4.69, 9.17) is 10.5 Å². The molecule has 0 amide bonds. The van der Waals surface area contributed by atoms with Crippen LogP contribution in [0.1, 0.15) is 0 Å². The lowest BCUT2D eigenvalue weighted by Crippen LogP contribution is -2.22. The highest BCUT2D eigenvalue weighted by molar-refractivity contribution is 5.85. The van der Waals surface area contributed by atoms with E-state index in [1.54, 1.807) is 24.3 Å². The van der Waals surface area contributed by atoms with E-state index in [0.29, 0.717) is 28.3 Å². The molecule has 0 unspecified atom stereocenters. The van der Waals surface area contributed by atoms with Crippen molar-refractivity contribution in [3.63, 3.8) is 0 Å². The second-order valence-electron chi connectivity index (χ2n) is 6.63. The Morgan fingerprint density at radius 2 is 1.30 bits per heavy atom. The molecule has 0 aliphatic heterocycles. The number of nitrogens with two attached hydrogens (primary N) is 1. The number of imidazole rings is 1. The highest BCUT2D eigenvalue weighted by Gasteiger charge is 2.19. The molecular formula is C23H17N5O2. The summed E-state index contributed by atoms with van der Waals surface area (Å²) in [6.45, 7) is 0. The zero-order valence-corrected chi connectivity index (χ0v) is 15.8. The van der Waals surface area contributed by atoms with Gasteiger partial charge in [-0.1, -0.05) is 36.4 Å². The predicted molar refractivity (Wildman–Crippen MR) is 115 cm³/mol. The van der Waals surface area contributed by atoms with Crippen LogP contribution in [0, 0.1) is 0 Å². The monoisotopic (exact) mass is 395 g/mol. The van der Waals surface area contributed by atoms with Gasteiger partial charge in [-0.3, -0.25) is 4.57 Å². The van der Waals surface area contributed by atoms with E-state index in [1.807, 2.05) is 60.7 Å². The van der Waals surface area contributed by atoms with Crippen molar-refractivity contribution in [2.24, 2.45) is 0 Å². The molecule has 0 saturated heterocycles. The molecular weight excluding hydrogens is 378 g/mol. The topological polar surface area (TPSA) is 88.0 Å². The van der Waals surface area contributed by atoms with Gasteiger partial charge in [-0.15, -0.1) is 0 Å². The smallest absolute Gasteiger partial charge is 0.339 e. The van der Waals surface area contributed by atoms with Crippen LogP contribution >= 0.6 is 0 Å². The van der Waals surface area contributed by atoms with E-state index in [-0.39, 0.29) is 11.5 Å². The van der Waals surface area contributed by atoms with Crippen LogP contribution in [0.4, 0.5) is 5.82 Å². The maximum Gasteiger partial charge on any atom is 0.339 e. The minimum Gasteiger partial charge on any atom is -0.457 e. The molecule has 5 aromatic rings. The average Bonchev–Trinajstić information content (AvgIpc) is 3.09. The molecule has 0 fully saturated rings. The number of hydrogen-bond donors (Lipinski definition) is 1. The van der Waals surface area contributed by atoms with Crippen molar-refractivity contribution in [1.29, 1.82) is 0 Å². The fourth-order valence-electron chi connectivity index (χ4n) is 3.38. The maximum atomic E-state index is 13.4. The van der Waals surface area contributed by atoms with Crippen molar-refractivity contribution >= 4 is 17.0 Å². The number of benzene rings is 3. The van der Waals surface area contributed by atoms with Crippen LogP contribution in [0.3, 0.4) is 0 Å². The molecule has 30 heavy (non-hydrogen) atoms. The molecule has 0 saturated carbocycles. The zero-order valence-electron chi connectivity index (χ0n) is 15.8. The molecule has 0 aliphatic carbocycles. The molecule has 0 bridgehead atoms. The number of aromatic nitrogens is 4. The summed E-state index contributed by atoms with van der Waals surface area (Å²) in [6, 6.07) is 26.0. The first-order valence-corrected chi connectivity index (χ1v) is 9.35. The molecule has 7 heteroatoms. The number of hydrogen-bond acceptors (Lipinski definition) is 5. The molecule has 2 N–H and O–H groups in total. The van der Waals surface area contributed by atoms with Gasteiger partial charge in [0.25, 0.3) is 0 Å². The molecule has 0 spiro atoms. The van der Waals surface area contributed by atoms with Crippen molar-refractivity contribution in [3.05, 3.63) is 102 Å². The molecule has 2 heterocycles. The van der Waals surface area contributed by atoms with Gasteiger partial charge in [-0.05, 0) is 48.5 Å². The van der Waals surface area contributed by atoms with Crippen molar-refractivity contribution in [2.45, 2.75) is 0 Å². The Labute approximate surface area is 171 Å². The van der Waals surface area contributed by atoms with Crippen LogP contribution in [-0.2, 0) is 0 Å². The molecule has 0 radical (unpaired) electrons. The summed E-state index contributed by atoms with van der Waals surface area (Å²) in [5.74, 6) is 1.63. The third-order valence-electron chi connectivity index (χ3n) is 4.74. The minimum atomic E-state index is -0.278. The van der Waals surface area contributed by atoms with Crippen LogP contribution in [0.2, 0.25) is 0 Å². The number of ether oxygens (including phenoxy) is 1. The van der Waals surface area contributed by atoms with E-state index in [2.05, 4.69) is 9.97 Å². The van der Waals surface area contributed by atoms with Crippen molar-refractivity contribution in [2.75, 3.05) is 5.73 Å². The van der Waals surface area contributed by atoms with Gasteiger partial charge in [0, 0.05) is 0 Å². The van der Waals surface area contributed by atoms with Gasteiger partial charge in [0.2, 0.25) is 0 Å². The van der Waals surface area contributed by atoms with Gasteiger partial charge in [0.1, 0.15) is 23.3 Å². The summed E-state index contributed by atoms with van der Waals surface area (Å²) in [4.78, 5) is 21.8. The van der Waals surface area contributed by atoms with Crippen molar-refractivity contribution in [1.82, 2.24) is 19.1 Å². The average molecular weight is 395 g/mol. The SMILES string of the molecule is Nc1ncnc2c1n(-c1ccc(Oc3ccccc3)cc1)c(=O)n2-c1ccccc1. The number of nitrogen functional groups attached to an aromatic ring is 1. The lowest BCUT2D eigenvalue weighted by molar-refractivity contribution is 0.482. The maximum absolute atomic E-state index is 13.4. The fourth-order valence-corrected chi connectivity index (χ4v) is 3.38. The van der Waals surface area contributed by atoms with Gasteiger partial charge < -0.3 is 10.5 Å². The fraction of sp³-hybridized carbons (Fsp3) is 0.